The number of hydrogen-bond donors (Lipinski definition) is 3. The number of nitrogens with one attached hydrogen (secondary N) is 2. The van der Waals surface area contributed by atoms with E-state index < -0.39 is 0 Å². The molecule has 0 spiro atoms. The van der Waals surface area contributed by atoms with E-state index in [-0.39, 0.29) is 0 Å². The van der Waals surface area contributed by atoms with Gasteiger partial charge in [0.25, 0.3) is 0 Å². The lowest BCUT2D eigenvalue weighted by Gasteiger charge is -2.23. The second-order valence-corrected chi connectivity index (χ2v) is 5.29. The summed E-state index contributed by atoms with van der Waals surface area (Å²) < 4.78 is 5.38. The van der Waals surface area contributed by atoms with Gasteiger partial charge < -0.3 is 15.5 Å². The Balaban J connectivity index is 2.06. The summed E-state index contributed by atoms with van der Waals surface area (Å²) >= 11 is 0. The molecule has 1 aromatic rings. The van der Waals surface area contributed by atoms with Crippen molar-refractivity contribution in [2.75, 3.05) is 30.5 Å². The van der Waals surface area contributed by atoms with Crippen LogP contribution in [0, 0.1) is 12.8 Å². The van der Waals surface area contributed by atoms with E-state index in [4.69, 9.17) is 10.6 Å². The standard InChI is InChI=1S/C14H25N5O/c1-3-4-12-17-13(10(2)14(18-12)19-15)16-9-11-5-7-20-8-6-11/h11H,3-9,15H2,1-2H3,(H2,16,17,18,19). The Labute approximate surface area is 120 Å². The zero-order chi connectivity index (χ0) is 14.4. The van der Waals surface area contributed by atoms with Crippen molar-refractivity contribution in [1.82, 2.24) is 9.97 Å². The zero-order valence-corrected chi connectivity index (χ0v) is 12.4. The van der Waals surface area contributed by atoms with Gasteiger partial charge in [0.15, 0.2) is 0 Å². The Morgan fingerprint density at radius 2 is 1.95 bits per heavy atom. The van der Waals surface area contributed by atoms with Crippen molar-refractivity contribution in [1.29, 1.82) is 0 Å². The molecule has 0 atom stereocenters. The first-order valence-corrected chi connectivity index (χ1v) is 7.40. The Bertz CT molecular complexity index is 432. The van der Waals surface area contributed by atoms with Crippen LogP contribution >= 0.6 is 0 Å². The summed E-state index contributed by atoms with van der Waals surface area (Å²) in [5, 5.41) is 3.45. The monoisotopic (exact) mass is 279 g/mol. The van der Waals surface area contributed by atoms with Crippen molar-refractivity contribution >= 4 is 11.6 Å². The van der Waals surface area contributed by atoms with Gasteiger partial charge in [-0.2, -0.15) is 0 Å². The van der Waals surface area contributed by atoms with Crippen molar-refractivity contribution < 1.29 is 4.74 Å². The minimum Gasteiger partial charge on any atom is -0.381 e. The molecule has 20 heavy (non-hydrogen) atoms. The quantitative estimate of drug-likeness (QED) is 0.544. The minimum absolute atomic E-state index is 0.655. The van der Waals surface area contributed by atoms with Crippen molar-refractivity contribution in [3.8, 4) is 0 Å². The summed E-state index contributed by atoms with van der Waals surface area (Å²) in [6.07, 6.45) is 4.11. The molecule has 0 aromatic carbocycles. The Hall–Kier alpha value is -1.40. The molecule has 1 saturated heterocycles. The van der Waals surface area contributed by atoms with E-state index in [1.54, 1.807) is 0 Å². The molecule has 1 fully saturated rings. The lowest BCUT2D eigenvalue weighted by molar-refractivity contribution is 0.0699. The number of nitrogens with two attached hydrogens (primary N) is 1. The highest BCUT2D eigenvalue weighted by molar-refractivity contribution is 5.56. The van der Waals surface area contributed by atoms with Crippen molar-refractivity contribution in [3.05, 3.63) is 11.4 Å². The first-order valence-electron chi connectivity index (χ1n) is 7.40. The average Bonchev–Trinajstić information content (AvgIpc) is 2.48. The Morgan fingerprint density at radius 3 is 2.60 bits per heavy atom. The molecule has 0 unspecified atom stereocenters. The van der Waals surface area contributed by atoms with Crippen molar-refractivity contribution in [3.63, 3.8) is 0 Å². The number of ether oxygens (including phenoxy) is 1. The largest absolute Gasteiger partial charge is 0.381 e. The Kier molecular flexibility index (Phi) is 5.55. The normalized spacial score (nSPS) is 16.1. The lowest BCUT2D eigenvalue weighted by Crippen LogP contribution is -2.24. The average molecular weight is 279 g/mol. The molecule has 1 aliphatic rings. The summed E-state index contributed by atoms with van der Waals surface area (Å²) in [7, 11) is 0. The Morgan fingerprint density at radius 1 is 1.25 bits per heavy atom. The molecule has 112 valence electrons. The van der Waals surface area contributed by atoms with E-state index in [1.807, 2.05) is 6.92 Å². The van der Waals surface area contributed by atoms with Gasteiger partial charge in [-0.25, -0.2) is 15.8 Å². The van der Waals surface area contributed by atoms with Crippen LogP contribution < -0.4 is 16.6 Å². The number of anilines is 2. The molecule has 0 saturated carbocycles. The summed E-state index contributed by atoms with van der Waals surface area (Å²) in [5.41, 5.74) is 3.63. The first kappa shape index (κ1) is 15.0. The van der Waals surface area contributed by atoms with E-state index in [9.17, 15) is 0 Å². The summed E-state index contributed by atoms with van der Waals surface area (Å²) in [6, 6.07) is 0. The highest BCUT2D eigenvalue weighted by atomic mass is 16.5. The van der Waals surface area contributed by atoms with Crippen LogP contribution in [0.1, 0.15) is 37.6 Å². The maximum absolute atomic E-state index is 5.54. The third-order valence-electron chi connectivity index (χ3n) is 3.70. The van der Waals surface area contributed by atoms with Crippen LogP contribution in [0.3, 0.4) is 0 Å². The number of rotatable bonds is 6. The topological polar surface area (TPSA) is 85.1 Å². The fourth-order valence-electron chi connectivity index (χ4n) is 2.40. The van der Waals surface area contributed by atoms with Gasteiger partial charge in [0.1, 0.15) is 17.5 Å². The molecule has 4 N–H and O–H groups in total. The van der Waals surface area contributed by atoms with Gasteiger partial charge in [-0.15, -0.1) is 0 Å². The fourth-order valence-corrected chi connectivity index (χ4v) is 2.40. The van der Waals surface area contributed by atoms with E-state index in [2.05, 4.69) is 27.6 Å². The first-order chi connectivity index (χ1) is 9.74. The van der Waals surface area contributed by atoms with Gasteiger partial charge in [-0.3, -0.25) is 0 Å². The number of nitrogens with zero attached hydrogens (tertiary/aromatic N) is 2. The van der Waals surface area contributed by atoms with Crippen LogP contribution in [-0.2, 0) is 11.2 Å². The number of aromatic nitrogens is 2. The molecule has 6 heteroatoms. The predicted octanol–water partition coefficient (Wildman–Crippen LogP) is 1.86. The lowest BCUT2D eigenvalue weighted by atomic mass is 10.0. The second-order valence-electron chi connectivity index (χ2n) is 5.29. The number of hydrogen-bond acceptors (Lipinski definition) is 6. The molecule has 6 nitrogen and oxygen atoms in total. The van der Waals surface area contributed by atoms with Crippen LogP contribution in [0.4, 0.5) is 11.6 Å². The van der Waals surface area contributed by atoms with Crippen LogP contribution in [-0.4, -0.2) is 29.7 Å². The highest BCUT2D eigenvalue weighted by Gasteiger charge is 2.15. The number of nitrogen functional groups attached to an aromatic ring is 1. The third-order valence-corrected chi connectivity index (χ3v) is 3.70. The molecule has 0 aliphatic carbocycles. The summed E-state index contributed by atoms with van der Waals surface area (Å²) in [4.78, 5) is 9.03. The van der Waals surface area contributed by atoms with E-state index >= 15 is 0 Å². The van der Waals surface area contributed by atoms with Gasteiger partial charge in [-0.1, -0.05) is 6.92 Å². The van der Waals surface area contributed by atoms with Crippen LogP contribution in [0.25, 0.3) is 0 Å². The maximum Gasteiger partial charge on any atom is 0.148 e. The molecule has 0 bridgehead atoms. The van der Waals surface area contributed by atoms with Gasteiger partial charge in [-0.05, 0) is 32.1 Å². The molecule has 1 aliphatic heterocycles. The van der Waals surface area contributed by atoms with E-state index in [0.29, 0.717) is 11.7 Å². The van der Waals surface area contributed by atoms with Gasteiger partial charge in [0, 0.05) is 31.7 Å². The summed E-state index contributed by atoms with van der Waals surface area (Å²) in [6.45, 7) is 6.76. The fraction of sp³-hybridized carbons (Fsp3) is 0.714. The SMILES string of the molecule is CCCc1nc(NN)c(C)c(NCC2CCOCC2)n1. The number of hydrazine groups is 1. The van der Waals surface area contributed by atoms with E-state index in [0.717, 1.165) is 62.6 Å². The van der Waals surface area contributed by atoms with Crippen LogP contribution in [0.15, 0.2) is 0 Å². The summed E-state index contributed by atoms with van der Waals surface area (Å²) in [5.74, 6) is 8.63. The smallest absolute Gasteiger partial charge is 0.148 e. The molecule has 2 rings (SSSR count). The van der Waals surface area contributed by atoms with Crippen LogP contribution in [0.5, 0.6) is 0 Å². The second kappa shape index (κ2) is 7.40. The highest BCUT2D eigenvalue weighted by Crippen LogP contribution is 2.21. The third kappa shape index (κ3) is 3.80. The van der Waals surface area contributed by atoms with Gasteiger partial charge in [0.2, 0.25) is 0 Å². The van der Waals surface area contributed by atoms with E-state index in [1.165, 1.54) is 0 Å². The van der Waals surface area contributed by atoms with Crippen molar-refractivity contribution in [2.24, 2.45) is 11.8 Å². The molecule has 0 radical (unpaired) electrons. The van der Waals surface area contributed by atoms with Gasteiger partial charge >= 0.3 is 0 Å². The van der Waals surface area contributed by atoms with Gasteiger partial charge in [0.05, 0.1) is 0 Å². The molecular weight excluding hydrogens is 254 g/mol. The van der Waals surface area contributed by atoms with Crippen LogP contribution in [0.2, 0.25) is 0 Å². The maximum atomic E-state index is 5.54. The zero-order valence-electron chi connectivity index (χ0n) is 12.4. The molecule has 1 aromatic heterocycles. The molecule has 0 amide bonds. The minimum atomic E-state index is 0.655. The van der Waals surface area contributed by atoms with Crippen molar-refractivity contribution in [2.45, 2.75) is 39.5 Å². The predicted molar refractivity (Wildman–Crippen MR) is 80.6 cm³/mol. The molecular formula is C14H25N5O. The molecule has 2 heterocycles. The number of aryl methyl sites for hydroxylation is 1.